The average Bonchev–Trinajstić information content (AvgIpc) is 2.48. The number of hydrogen-bond acceptors (Lipinski definition) is 3. The first kappa shape index (κ1) is 12.5. The van der Waals surface area contributed by atoms with Crippen LogP contribution in [-0.2, 0) is 0 Å². The van der Waals surface area contributed by atoms with E-state index in [0.717, 1.165) is 28.3 Å². The van der Waals surface area contributed by atoms with Crippen LogP contribution in [0.25, 0.3) is 0 Å². The van der Waals surface area contributed by atoms with Gasteiger partial charge in [0.2, 0.25) is 0 Å². The summed E-state index contributed by atoms with van der Waals surface area (Å²) in [5.74, 6) is 1.50. The lowest BCUT2D eigenvalue weighted by Crippen LogP contribution is -2.15. The molecule has 0 radical (unpaired) electrons. The standard InChI is InChI=1S/C17H16N2O/c1-3-20-14-9-10-16-15(11-14)17(19-12(2)18-16)13-7-5-4-6-8-13/h4-11,18H,2-3H2,1H3. The summed E-state index contributed by atoms with van der Waals surface area (Å²) in [6, 6.07) is 16.1. The molecule has 2 aromatic carbocycles. The molecular formula is C17H16N2O. The molecule has 0 saturated carbocycles. The van der Waals surface area contributed by atoms with Crippen molar-refractivity contribution in [1.82, 2.24) is 0 Å². The molecule has 3 nitrogen and oxygen atoms in total. The summed E-state index contributed by atoms with van der Waals surface area (Å²) < 4.78 is 5.58. The third-order valence-corrected chi connectivity index (χ3v) is 3.13. The Labute approximate surface area is 118 Å². The molecule has 0 saturated heterocycles. The van der Waals surface area contributed by atoms with Crippen LogP contribution < -0.4 is 10.1 Å². The molecule has 1 N–H and O–H groups in total. The van der Waals surface area contributed by atoms with Crippen molar-refractivity contribution in [1.29, 1.82) is 0 Å². The smallest absolute Gasteiger partial charge is 0.123 e. The molecule has 100 valence electrons. The molecule has 2 aromatic rings. The van der Waals surface area contributed by atoms with E-state index < -0.39 is 0 Å². The predicted molar refractivity (Wildman–Crippen MR) is 82.5 cm³/mol. The van der Waals surface area contributed by atoms with Crippen molar-refractivity contribution < 1.29 is 4.74 Å². The van der Waals surface area contributed by atoms with Crippen molar-refractivity contribution in [2.75, 3.05) is 11.9 Å². The lowest BCUT2D eigenvalue weighted by molar-refractivity contribution is 0.340. The second kappa shape index (κ2) is 5.21. The molecule has 3 rings (SSSR count). The molecule has 0 atom stereocenters. The van der Waals surface area contributed by atoms with Crippen molar-refractivity contribution in [3.05, 3.63) is 72.1 Å². The van der Waals surface area contributed by atoms with E-state index >= 15 is 0 Å². The maximum absolute atomic E-state index is 5.58. The van der Waals surface area contributed by atoms with Crippen LogP contribution in [0.1, 0.15) is 18.1 Å². The Morgan fingerprint density at radius 3 is 2.70 bits per heavy atom. The zero-order valence-corrected chi connectivity index (χ0v) is 11.4. The van der Waals surface area contributed by atoms with E-state index in [4.69, 9.17) is 4.74 Å². The Bertz CT molecular complexity index is 675. The molecule has 0 spiro atoms. The molecule has 1 aliphatic rings. The molecule has 3 heteroatoms. The third-order valence-electron chi connectivity index (χ3n) is 3.13. The van der Waals surface area contributed by atoms with Gasteiger partial charge in [-0.3, -0.25) is 0 Å². The van der Waals surface area contributed by atoms with E-state index in [1.165, 1.54) is 0 Å². The fraction of sp³-hybridized carbons (Fsp3) is 0.118. The highest BCUT2D eigenvalue weighted by atomic mass is 16.5. The van der Waals surface area contributed by atoms with Crippen LogP contribution >= 0.6 is 0 Å². The summed E-state index contributed by atoms with van der Waals surface area (Å²) >= 11 is 0. The van der Waals surface area contributed by atoms with Gasteiger partial charge >= 0.3 is 0 Å². The summed E-state index contributed by atoms with van der Waals surface area (Å²) in [6.45, 7) is 6.55. The minimum atomic E-state index is 0.650. The van der Waals surface area contributed by atoms with Gasteiger partial charge < -0.3 is 10.1 Å². The van der Waals surface area contributed by atoms with Crippen molar-refractivity contribution in [3.63, 3.8) is 0 Å². The van der Waals surface area contributed by atoms with Gasteiger partial charge in [-0.15, -0.1) is 0 Å². The van der Waals surface area contributed by atoms with Gasteiger partial charge in [0.15, 0.2) is 0 Å². The molecule has 0 bridgehead atoms. The molecule has 20 heavy (non-hydrogen) atoms. The number of anilines is 1. The van der Waals surface area contributed by atoms with Crippen molar-refractivity contribution >= 4 is 11.4 Å². The van der Waals surface area contributed by atoms with Gasteiger partial charge in [0, 0.05) is 16.8 Å². The topological polar surface area (TPSA) is 33.6 Å². The van der Waals surface area contributed by atoms with Gasteiger partial charge in [0.25, 0.3) is 0 Å². The molecule has 0 unspecified atom stereocenters. The zero-order valence-electron chi connectivity index (χ0n) is 11.4. The summed E-state index contributed by atoms with van der Waals surface area (Å²) in [5.41, 5.74) is 4.04. The molecule has 0 amide bonds. The second-order valence-corrected chi connectivity index (χ2v) is 4.54. The second-order valence-electron chi connectivity index (χ2n) is 4.54. The third kappa shape index (κ3) is 2.30. The highest BCUT2D eigenvalue weighted by Crippen LogP contribution is 2.30. The Morgan fingerprint density at radius 2 is 1.95 bits per heavy atom. The number of nitrogens with one attached hydrogen (secondary N) is 1. The van der Waals surface area contributed by atoms with Crippen molar-refractivity contribution in [2.24, 2.45) is 4.99 Å². The lowest BCUT2D eigenvalue weighted by Gasteiger charge is -2.20. The quantitative estimate of drug-likeness (QED) is 0.914. The zero-order chi connectivity index (χ0) is 13.9. The van der Waals surface area contributed by atoms with Crippen LogP contribution in [0.2, 0.25) is 0 Å². The number of nitrogens with zero attached hydrogens (tertiary/aromatic N) is 1. The number of aliphatic imine (C=N–C) groups is 1. The molecule has 0 fully saturated rings. The number of benzene rings is 2. The fourth-order valence-corrected chi connectivity index (χ4v) is 2.28. The Morgan fingerprint density at radius 1 is 1.15 bits per heavy atom. The number of ether oxygens (including phenoxy) is 1. The van der Waals surface area contributed by atoms with E-state index in [-0.39, 0.29) is 0 Å². The Hall–Kier alpha value is -2.55. The van der Waals surface area contributed by atoms with E-state index in [1.807, 2.05) is 43.3 Å². The highest BCUT2D eigenvalue weighted by molar-refractivity contribution is 6.17. The number of fused-ring (bicyclic) bond motifs is 1. The molecular weight excluding hydrogens is 248 g/mol. The molecule has 1 aliphatic heterocycles. The highest BCUT2D eigenvalue weighted by Gasteiger charge is 2.18. The normalized spacial score (nSPS) is 13.2. The summed E-state index contributed by atoms with van der Waals surface area (Å²) in [4.78, 5) is 4.55. The minimum absolute atomic E-state index is 0.650. The van der Waals surface area contributed by atoms with E-state index in [0.29, 0.717) is 12.4 Å². The Balaban J connectivity index is 2.11. The summed E-state index contributed by atoms with van der Waals surface area (Å²) in [5, 5.41) is 3.19. The van der Waals surface area contributed by atoms with Crippen LogP contribution in [0.5, 0.6) is 5.75 Å². The van der Waals surface area contributed by atoms with E-state index in [9.17, 15) is 0 Å². The van der Waals surface area contributed by atoms with Crippen LogP contribution in [-0.4, -0.2) is 12.3 Å². The maximum atomic E-state index is 5.58. The van der Waals surface area contributed by atoms with Gasteiger partial charge in [0.1, 0.15) is 11.6 Å². The molecule has 0 aliphatic carbocycles. The monoisotopic (exact) mass is 264 g/mol. The van der Waals surface area contributed by atoms with Gasteiger partial charge in [-0.05, 0) is 25.1 Å². The predicted octanol–water partition coefficient (Wildman–Crippen LogP) is 3.82. The maximum Gasteiger partial charge on any atom is 0.123 e. The van der Waals surface area contributed by atoms with Crippen molar-refractivity contribution in [2.45, 2.75) is 6.92 Å². The summed E-state index contributed by atoms with van der Waals surface area (Å²) in [6.07, 6.45) is 0. The lowest BCUT2D eigenvalue weighted by atomic mass is 9.99. The van der Waals surface area contributed by atoms with Crippen molar-refractivity contribution in [3.8, 4) is 5.75 Å². The molecule has 0 aromatic heterocycles. The molecule has 1 heterocycles. The number of hydrogen-bond donors (Lipinski definition) is 1. The van der Waals surface area contributed by atoms with Crippen LogP contribution in [0.3, 0.4) is 0 Å². The van der Waals surface area contributed by atoms with Gasteiger partial charge in [-0.2, -0.15) is 0 Å². The minimum Gasteiger partial charge on any atom is -0.494 e. The van der Waals surface area contributed by atoms with Gasteiger partial charge in [0.05, 0.1) is 12.3 Å². The average molecular weight is 264 g/mol. The van der Waals surface area contributed by atoms with E-state index in [2.05, 4.69) is 29.0 Å². The van der Waals surface area contributed by atoms with Crippen LogP contribution in [0.15, 0.2) is 65.9 Å². The number of rotatable bonds is 3. The fourth-order valence-electron chi connectivity index (χ4n) is 2.28. The SMILES string of the molecule is C=C1N=C(c2ccccc2)c2cc(OCC)ccc2N1. The first-order valence-electron chi connectivity index (χ1n) is 6.65. The van der Waals surface area contributed by atoms with Gasteiger partial charge in [-0.1, -0.05) is 36.9 Å². The first-order chi connectivity index (χ1) is 9.78. The first-order valence-corrected chi connectivity index (χ1v) is 6.65. The Kier molecular flexibility index (Phi) is 3.25. The van der Waals surface area contributed by atoms with Crippen LogP contribution in [0.4, 0.5) is 5.69 Å². The summed E-state index contributed by atoms with van der Waals surface area (Å²) in [7, 11) is 0. The van der Waals surface area contributed by atoms with Gasteiger partial charge in [-0.25, -0.2) is 4.99 Å². The van der Waals surface area contributed by atoms with Crippen LogP contribution in [0, 0.1) is 0 Å². The van der Waals surface area contributed by atoms with E-state index in [1.54, 1.807) is 0 Å². The largest absolute Gasteiger partial charge is 0.494 e.